The van der Waals surface area contributed by atoms with Crippen molar-refractivity contribution in [2.24, 2.45) is 0 Å². The van der Waals surface area contributed by atoms with Crippen molar-refractivity contribution in [3.8, 4) is 5.69 Å². The maximum atomic E-state index is 12.7. The van der Waals surface area contributed by atoms with Gasteiger partial charge in [0.05, 0.1) is 11.4 Å². The van der Waals surface area contributed by atoms with E-state index in [2.05, 4.69) is 52.4 Å². The standard InChI is InChI=1S/C22H27N5OS/c1-16-8-6-7-9-20(16)27-17(2)23-24-22(27)29-15-21(28)26(5)14-18-10-12-19(13-11-18)25(3)4/h6-13H,14-15H2,1-5H3. The lowest BCUT2D eigenvalue weighted by Crippen LogP contribution is -2.28. The van der Waals surface area contributed by atoms with Gasteiger partial charge < -0.3 is 9.80 Å². The average Bonchev–Trinajstić information content (AvgIpc) is 3.07. The van der Waals surface area contributed by atoms with E-state index in [1.807, 2.05) is 50.8 Å². The molecule has 0 spiro atoms. The van der Waals surface area contributed by atoms with Crippen LogP contribution in [0.4, 0.5) is 5.69 Å². The van der Waals surface area contributed by atoms with Crippen molar-refractivity contribution in [3.63, 3.8) is 0 Å². The van der Waals surface area contributed by atoms with E-state index in [4.69, 9.17) is 0 Å². The molecule has 0 unspecified atom stereocenters. The molecule has 7 heteroatoms. The first-order valence-electron chi connectivity index (χ1n) is 9.48. The zero-order chi connectivity index (χ0) is 21.0. The normalized spacial score (nSPS) is 10.8. The Morgan fingerprint density at radius 2 is 1.69 bits per heavy atom. The van der Waals surface area contributed by atoms with Gasteiger partial charge in [-0.3, -0.25) is 9.36 Å². The van der Waals surface area contributed by atoms with Crippen molar-refractivity contribution < 1.29 is 4.79 Å². The summed E-state index contributed by atoms with van der Waals surface area (Å²) < 4.78 is 2.01. The monoisotopic (exact) mass is 409 g/mol. The van der Waals surface area contributed by atoms with Gasteiger partial charge in [0.2, 0.25) is 5.91 Å². The van der Waals surface area contributed by atoms with E-state index < -0.39 is 0 Å². The van der Waals surface area contributed by atoms with Crippen molar-refractivity contribution >= 4 is 23.4 Å². The first kappa shape index (κ1) is 20.9. The van der Waals surface area contributed by atoms with Crippen molar-refractivity contribution in [1.29, 1.82) is 0 Å². The number of carbonyl (C=O) groups is 1. The van der Waals surface area contributed by atoms with Crippen LogP contribution in [0.1, 0.15) is 17.0 Å². The molecule has 0 fully saturated rings. The molecule has 0 radical (unpaired) electrons. The van der Waals surface area contributed by atoms with E-state index in [0.29, 0.717) is 12.3 Å². The minimum atomic E-state index is 0.0590. The summed E-state index contributed by atoms with van der Waals surface area (Å²) in [7, 11) is 5.86. The molecule has 0 saturated heterocycles. The lowest BCUT2D eigenvalue weighted by Gasteiger charge is -2.18. The average molecular weight is 410 g/mol. The summed E-state index contributed by atoms with van der Waals surface area (Å²) in [5, 5.41) is 9.22. The second-order valence-corrected chi connectivity index (χ2v) is 8.19. The molecule has 3 rings (SSSR count). The number of amides is 1. The second kappa shape index (κ2) is 9.13. The Balaban J connectivity index is 1.64. The summed E-state index contributed by atoms with van der Waals surface area (Å²) in [5.74, 6) is 1.18. The minimum absolute atomic E-state index is 0.0590. The summed E-state index contributed by atoms with van der Waals surface area (Å²) in [6, 6.07) is 16.4. The third-order valence-corrected chi connectivity index (χ3v) is 5.69. The molecule has 2 aromatic carbocycles. The number of hydrogen-bond acceptors (Lipinski definition) is 5. The number of nitrogens with zero attached hydrogens (tertiary/aromatic N) is 5. The fourth-order valence-corrected chi connectivity index (χ4v) is 3.96. The van der Waals surface area contributed by atoms with Gasteiger partial charge in [-0.25, -0.2) is 0 Å². The smallest absolute Gasteiger partial charge is 0.233 e. The maximum absolute atomic E-state index is 12.7. The number of rotatable bonds is 7. The van der Waals surface area contributed by atoms with E-state index in [1.165, 1.54) is 11.8 Å². The van der Waals surface area contributed by atoms with Gasteiger partial charge in [-0.1, -0.05) is 42.1 Å². The van der Waals surface area contributed by atoms with Crippen LogP contribution in [0.5, 0.6) is 0 Å². The number of carbonyl (C=O) groups excluding carboxylic acids is 1. The van der Waals surface area contributed by atoms with Gasteiger partial charge >= 0.3 is 0 Å². The molecule has 3 aromatic rings. The predicted molar refractivity (Wildman–Crippen MR) is 119 cm³/mol. The van der Waals surface area contributed by atoms with Gasteiger partial charge in [0, 0.05) is 33.4 Å². The fourth-order valence-electron chi connectivity index (χ4n) is 3.03. The molecule has 1 amide bonds. The lowest BCUT2D eigenvalue weighted by molar-refractivity contribution is -0.127. The topological polar surface area (TPSA) is 54.3 Å². The Hall–Kier alpha value is -2.80. The quantitative estimate of drug-likeness (QED) is 0.557. The van der Waals surface area contributed by atoms with E-state index >= 15 is 0 Å². The van der Waals surface area contributed by atoms with Crippen LogP contribution in [0.25, 0.3) is 5.69 Å². The first-order chi connectivity index (χ1) is 13.9. The van der Waals surface area contributed by atoms with Gasteiger partial charge in [-0.2, -0.15) is 0 Å². The molecule has 0 N–H and O–H groups in total. The van der Waals surface area contributed by atoms with Gasteiger partial charge in [-0.05, 0) is 43.2 Å². The first-order valence-corrected chi connectivity index (χ1v) is 10.5. The highest BCUT2D eigenvalue weighted by molar-refractivity contribution is 7.99. The van der Waals surface area contributed by atoms with Crippen LogP contribution in [0, 0.1) is 13.8 Å². The predicted octanol–water partition coefficient (Wildman–Crippen LogP) is 3.70. The van der Waals surface area contributed by atoms with Gasteiger partial charge in [0.25, 0.3) is 0 Å². The summed E-state index contributed by atoms with van der Waals surface area (Å²) >= 11 is 1.42. The van der Waals surface area contributed by atoms with Crippen LogP contribution in [-0.4, -0.2) is 52.5 Å². The van der Waals surface area contributed by atoms with Gasteiger partial charge in [0.15, 0.2) is 5.16 Å². The largest absolute Gasteiger partial charge is 0.378 e. The van der Waals surface area contributed by atoms with E-state index in [-0.39, 0.29) is 5.91 Å². The summed E-state index contributed by atoms with van der Waals surface area (Å²) in [4.78, 5) is 16.5. The highest BCUT2D eigenvalue weighted by atomic mass is 32.2. The zero-order valence-electron chi connectivity index (χ0n) is 17.6. The Morgan fingerprint density at radius 1 is 1.00 bits per heavy atom. The molecule has 0 bridgehead atoms. The summed E-state index contributed by atoms with van der Waals surface area (Å²) in [6.45, 7) is 4.56. The molecule has 29 heavy (non-hydrogen) atoms. The van der Waals surface area contributed by atoms with E-state index in [0.717, 1.165) is 33.5 Å². The van der Waals surface area contributed by atoms with E-state index in [1.54, 1.807) is 4.90 Å². The third kappa shape index (κ3) is 4.98. The van der Waals surface area contributed by atoms with E-state index in [9.17, 15) is 4.79 Å². The molecular weight excluding hydrogens is 382 g/mol. The Kier molecular flexibility index (Phi) is 6.59. The minimum Gasteiger partial charge on any atom is -0.378 e. The number of para-hydroxylation sites is 1. The molecule has 6 nitrogen and oxygen atoms in total. The number of benzene rings is 2. The molecule has 0 aliphatic carbocycles. The molecule has 0 aliphatic heterocycles. The van der Waals surface area contributed by atoms with Crippen LogP contribution in [0.2, 0.25) is 0 Å². The van der Waals surface area contributed by atoms with Crippen molar-refractivity contribution in [2.45, 2.75) is 25.5 Å². The molecular formula is C22H27N5OS. The van der Waals surface area contributed by atoms with Crippen LogP contribution in [-0.2, 0) is 11.3 Å². The molecule has 152 valence electrons. The van der Waals surface area contributed by atoms with Crippen LogP contribution < -0.4 is 4.90 Å². The Bertz CT molecular complexity index is 981. The highest BCUT2D eigenvalue weighted by Crippen LogP contribution is 2.24. The van der Waals surface area contributed by atoms with Crippen LogP contribution in [0.3, 0.4) is 0 Å². The number of anilines is 1. The van der Waals surface area contributed by atoms with Crippen molar-refractivity contribution in [3.05, 3.63) is 65.5 Å². The van der Waals surface area contributed by atoms with Gasteiger partial charge in [-0.15, -0.1) is 10.2 Å². The van der Waals surface area contributed by atoms with Crippen LogP contribution in [0.15, 0.2) is 53.7 Å². The number of aryl methyl sites for hydroxylation is 2. The second-order valence-electron chi connectivity index (χ2n) is 7.25. The molecule has 1 aromatic heterocycles. The SMILES string of the molecule is Cc1ccccc1-n1c(C)nnc1SCC(=O)N(C)Cc1ccc(N(C)C)cc1. The zero-order valence-corrected chi connectivity index (χ0v) is 18.4. The molecule has 1 heterocycles. The highest BCUT2D eigenvalue weighted by Gasteiger charge is 2.16. The van der Waals surface area contributed by atoms with Crippen molar-refractivity contribution in [1.82, 2.24) is 19.7 Å². The van der Waals surface area contributed by atoms with Crippen molar-refractivity contribution in [2.75, 3.05) is 31.8 Å². The fraction of sp³-hybridized carbons (Fsp3) is 0.318. The maximum Gasteiger partial charge on any atom is 0.233 e. The molecule has 0 aliphatic rings. The molecule has 0 saturated carbocycles. The summed E-state index contributed by atoms with van der Waals surface area (Å²) in [6.07, 6.45) is 0. The van der Waals surface area contributed by atoms with Gasteiger partial charge in [0.1, 0.15) is 5.82 Å². The Morgan fingerprint density at radius 3 is 2.34 bits per heavy atom. The Labute approximate surface area is 176 Å². The van der Waals surface area contributed by atoms with Crippen LogP contribution >= 0.6 is 11.8 Å². The number of hydrogen-bond donors (Lipinski definition) is 0. The molecule has 0 atom stereocenters. The number of thioether (sulfide) groups is 1. The lowest BCUT2D eigenvalue weighted by atomic mass is 10.2. The third-order valence-electron chi connectivity index (χ3n) is 4.77. The number of aromatic nitrogens is 3. The summed E-state index contributed by atoms with van der Waals surface area (Å²) in [5.41, 5.74) is 4.43.